The highest BCUT2D eigenvalue weighted by Gasteiger charge is 2.46. The van der Waals surface area contributed by atoms with E-state index in [1.165, 1.54) is 12.0 Å². The van der Waals surface area contributed by atoms with E-state index in [4.69, 9.17) is 0 Å². The molecular formula is C12H17F2N. The number of halogens is 2. The minimum Gasteiger partial charge on any atom is -0.294 e. The van der Waals surface area contributed by atoms with Gasteiger partial charge in [-0.2, -0.15) is 0 Å². The van der Waals surface area contributed by atoms with Crippen LogP contribution in [0.3, 0.4) is 0 Å². The van der Waals surface area contributed by atoms with E-state index in [0.717, 1.165) is 6.42 Å². The summed E-state index contributed by atoms with van der Waals surface area (Å²) in [5.74, 6) is -1.19. The van der Waals surface area contributed by atoms with Crippen molar-refractivity contribution in [3.05, 3.63) is 11.6 Å². The minimum atomic E-state index is -2.43. The molecule has 4 rings (SSSR count). The van der Waals surface area contributed by atoms with Crippen LogP contribution in [0.2, 0.25) is 0 Å². The van der Waals surface area contributed by atoms with Crippen molar-refractivity contribution in [3.63, 3.8) is 0 Å². The first kappa shape index (κ1) is 9.76. The molecule has 1 saturated heterocycles. The Labute approximate surface area is 89.1 Å². The molecule has 0 N–H and O–H groups in total. The van der Waals surface area contributed by atoms with Crippen molar-refractivity contribution in [2.75, 3.05) is 13.1 Å². The van der Waals surface area contributed by atoms with Gasteiger partial charge in [0, 0.05) is 19.0 Å². The molecule has 15 heavy (non-hydrogen) atoms. The van der Waals surface area contributed by atoms with Gasteiger partial charge < -0.3 is 0 Å². The molecule has 1 aliphatic heterocycles. The Bertz CT molecular complexity index is 311. The number of fused-ring (bicyclic) bond motifs is 2. The van der Waals surface area contributed by atoms with Gasteiger partial charge in [-0.15, -0.1) is 0 Å². The molecule has 0 aromatic rings. The Kier molecular flexibility index (Phi) is 1.97. The van der Waals surface area contributed by atoms with E-state index in [1.807, 2.05) is 4.90 Å². The van der Waals surface area contributed by atoms with Gasteiger partial charge in [0.2, 0.25) is 0 Å². The number of nitrogens with zero attached hydrogens (tertiary/aromatic N) is 1. The number of allylic oxidation sites excluding steroid dienone is 1. The van der Waals surface area contributed by atoms with Gasteiger partial charge in [-0.3, -0.25) is 4.90 Å². The first-order valence-electron chi connectivity index (χ1n) is 5.87. The van der Waals surface area contributed by atoms with Gasteiger partial charge in [-0.25, -0.2) is 8.78 Å². The average Bonchev–Trinajstić information content (AvgIpc) is 2.44. The second-order valence-electron chi connectivity index (χ2n) is 5.40. The first-order valence-corrected chi connectivity index (χ1v) is 5.87. The van der Waals surface area contributed by atoms with Crippen LogP contribution in [-0.2, 0) is 0 Å². The summed E-state index contributed by atoms with van der Waals surface area (Å²) < 4.78 is 26.3. The van der Waals surface area contributed by atoms with Crippen molar-refractivity contribution in [1.82, 2.24) is 4.90 Å². The molecule has 3 heteroatoms. The predicted molar refractivity (Wildman–Crippen MR) is 54.9 cm³/mol. The van der Waals surface area contributed by atoms with E-state index >= 15 is 0 Å². The monoisotopic (exact) mass is 213 g/mol. The molecule has 2 bridgehead atoms. The quantitative estimate of drug-likeness (QED) is 0.605. The normalized spacial score (nSPS) is 43.7. The molecule has 3 atom stereocenters. The van der Waals surface area contributed by atoms with Gasteiger partial charge in [0.15, 0.2) is 0 Å². The largest absolute Gasteiger partial charge is 0.294 e. The van der Waals surface area contributed by atoms with Crippen LogP contribution in [0.1, 0.15) is 26.2 Å². The van der Waals surface area contributed by atoms with Crippen molar-refractivity contribution < 1.29 is 8.78 Å². The van der Waals surface area contributed by atoms with Crippen LogP contribution in [0.25, 0.3) is 0 Å². The number of hydrogen-bond donors (Lipinski definition) is 0. The Morgan fingerprint density at radius 3 is 2.67 bits per heavy atom. The molecule has 0 aromatic heterocycles. The van der Waals surface area contributed by atoms with Crippen LogP contribution in [-0.4, -0.2) is 30.0 Å². The average molecular weight is 213 g/mol. The van der Waals surface area contributed by atoms with E-state index in [-0.39, 0.29) is 13.0 Å². The molecule has 1 nitrogen and oxygen atoms in total. The molecule has 1 saturated carbocycles. The molecule has 0 spiro atoms. The Balaban J connectivity index is 1.71. The first-order chi connectivity index (χ1) is 7.05. The van der Waals surface area contributed by atoms with Crippen molar-refractivity contribution >= 4 is 0 Å². The standard InChI is InChI=1S/C12H17F2N/c1-8-10-4-9(5-10)6-11(8)15-3-2-12(13,14)7-15/h4,8,10-11H,2-3,5-7H2,1H3/t8?,10-,11+/m1/s1. The second kappa shape index (κ2) is 3.03. The van der Waals surface area contributed by atoms with E-state index in [9.17, 15) is 8.78 Å². The molecule has 1 heterocycles. The van der Waals surface area contributed by atoms with Gasteiger partial charge in [-0.05, 0) is 24.7 Å². The van der Waals surface area contributed by atoms with Crippen LogP contribution in [0.15, 0.2) is 11.6 Å². The Morgan fingerprint density at radius 1 is 1.40 bits per heavy atom. The Hall–Kier alpha value is -0.440. The van der Waals surface area contributed by atoms with Gasteiger partial charge in [0.1, 0.15) is 0 Å². The van der Waals surface area contributed by atoms with Crippen molar-refractivity contribution in [3.8, 4) is 0 Å². The zero-order chi connectivity index (χ0) is 10.6. The van der Waals surface area contributed by atoms with Gasteiger partial charge in [0.25, 0.3) is 5.92 Å². The van der Waals surface area contributed by atoms with Crippen molar-refractivity contribution in [2.24, 2.45) is 11.8 Å². The summed E-state index contributed by atoms with van der Waals surface area (Å²) in [6.07, 6.45) is 4.66. The number of rotatable bonds is 1. The highest BCUT2D eigenvalue weighted by molar-refractivity contribution is 5.24. The third kappa shape index (κ3) is 1.52. The number of alkyl halides is 2. The predicted octanol–water partition coefficient (Wildman–Crippen LogP) is 2.68. The number of likely N-dealkylation sites (tertiary alicyclic amines) is 1. The summed E-state index contributed by atoms with van der Waals surface area (Å²) in [5, 5.41) is 0. The minimum absolute atomic E-state index is 0.0119. The van der Waals surface area contributed by atoms with Crippen LogP contribution in [0.4, 0.5) is 8.78 Å². The van der Waals surface area contributed by atoms with Gasteiger partial charge in [0.05, 0.1) is 6.54 Å². The highest BCUT2D eigenvalue weighted by atomic mass is 19.3. The van der Waals surface area contributed by atoms with Crippen LogP contribution < -0.4 is 0 Å². The summed E-state index contributed by atoms with van der Waals surface area (Å²) in [6, 6.07) is 0.386. The lowest BCUT2D eigenvalue weighted by Gasteiger charge is -2.46. The number of hydrogen-bond acceptors (Lipinski definition) is 1. The molecule has 0 radical (unpaired) electrons. The fraction of sp³-hybridized carbons (Fsp3) is 0.833. The second-order valence-corrected chi connectivity index (χ2v) is 5.40. The fourth-order valence-corrected chi connectivity index (χ4v) is 3.31. The lowest BCUT2D eigenvalue weighted by atomic mass is 9.66. The fourth-order valence-electron chi connectivity index (χ4n) is 3.31. The molecule has 3 aliphatic carbocycles. The lowest BCUT2D eigenvalue weighted by molar-refractivity contribution is -0.0000674. The maximum atomic E-state index is 13.1. The van der Waals surface area contributed by atoms with Gasteiger partial charge >= 0.3 is 0 Å². The van der Waals surface area contributed by atoms with Crippen LogP contribution in [0, 0.1) is 11.8 Å². The molecular weight excluding hydrogens is 196 g/mol. The van der Waals surface area contributed by atoms with Crippen LogP contribution >= 0.6 is 0 Å². The lowest BCUT2D eigenvalue weighted by Crippen LogP contribution is -2.47. The maximum Gasteiger partial charge on any atom is 0.261 e. The zero-order valence-electron chi connectivity index (χ0n) is 9.05. The summed E-state index contributed by atoms with van der Waals surface area (Å²) in [4.78, 5) is 2.02. The van der Waals surface area contributed by atoms with E-state index in [1.54, 1.807) is 0 Å². The van der Waals surface area contributed by atoms with Crippen LogP contribution in [0.5, 0.6) is 0 Å². The molecule has 0 amide bonds. The SMILES string of the molecule is CC1[C@@H]2C=C(C2)C[C@@H]1N1CCC(F)(F)C1. The summed E-state index contributed by atoms with van der Waals surface area (Å²) in [7, 11) is 0. The molecule has 1 unspecified atom stereocenters. The topological polar surface area (TPSA) is 3.24 Å². The smallest absolute Gasteiger partial charge is 0.261 e. The van der Waals surface area contributed by atoms with Crippen molar-refractivity contribution in [2.45, 2.75) is 38.2 Å². The molecule has 2 fully saturated rings. The van der Waals surface area contributed by atoms with E-state index < -0.39 is 5.92 Å². The molecule has 84 valence electrons. The molecule has 4 aliphatic rings. The third-order valence-electron chi connectivity index (χ3n) is 4.37. The summed E-state index contributed by atoms with van der Waals surface area (Å²) in [6.45, 7) is 2.79. The zero-order valence-corrected chi connectivity index (χ0v) is 9.05. The third-order valence-corrected chi connectivity index (χ3v) is 4.37. The van der Waals surface area contributed by atoms with E-state index in [2.05, 4.69) is 13.0 Å². The molecule has 0 aromatic carbocycles. The van der Waals surface area contributed by atoms with E-state index in [0.29, 0.717) is 24.4 Å². The van der Waals surface area contributed by atoms with Gasteiger partial charge in [-0.1, -0.05) is 18.6 Å². The van der Waals surface area contributed by atoms with Crippen molar-refractivity contribution in [1.29, 1.82) is 0 Å². The Morgan fingerprint density at radius 2 is 2.13 bits per heavy atom. The maximum absolute atomic E-state index is 13.1. The summed E-state index contributed by atoms with van der Waals surface area (Å²) >= 11 is 0. The summed E-state index contributed by atoms with van der Waals surface area (Å²) in [5.41, 5.74) is 1.50. The highest BCUT2D eigenvalue weighted by Crippen LogP contribution is 2.46.